The van der Waals surface area contributed by atoms with Crippen LogP contribution in [0.5, 0.6) is 0 Å². The zero-order chi connectivity index (χ0) is 11.6. The third-order valence-electron chi connectivity index (χ3n) is 2.93. The van der Waals surface area contributed by atoms with Crippen molar-refractivity contribution in [2.24, 2.45) is 11.8 Å². The first kappa shape index (κ1) is 11.8. The van der Waals surface area contributed by atoms with Crippen LogP contribution in [-0.2, 0) is 4.79 Å². The molecule has 2 heteroatoms. The smallest absolute Gasteiger partial charge is 0.234 e. The van der Waals surface area contributed by atoms with E-state index in [-0.39, 0.29) is 11.8 Å². The second-order valence-electron chi connectivity index (χ2n) is 4.25. The molecule has 0 aromatic carbocycles. The van der Waals surface area contributed by atoms with Crippen molar-refractivity contribution in [3.05, 3.63) is 36.1 Å². The van der Waals surface area contributed by atoms with Crippen molar-refractivity contribution in [2.45, 2.75) is 20.8 Å². The highest BCUT2D eigenvalue weighted by Crippen LogP contribution is 2.34. The highest BCUT2D eigenvalue weighted by molar-refractivity contribution is 5.87. The molecule has 0 aliphatic carbocycles. The molecule has 0 aromatic rings. The summed E-state index contributed by atoms with van der Waals surface area (Å²) in [6.45, 7) is 9.80. The van der Waals surface area contributed by atoms with E-state index in [0.29, 0.717) is 5.92 Å². The van der Waals surface area contributed by atoms with Crippen molar-refractivity contribution in [1.29, 1.82) is 0 Å². The van der Waals surface area contributed by atoms with Gasteiger partial charge >= 0.3 is 0 Å². The van der Waals surface area contributed by atoms with E-state index in [1.54, 1.807) is 11.0 Å². The first-order valence-electron chi connectivity index (χ1n) is 5.28. The van der Waals surface area contributed by atoms with Gasteiger partial charge in [-0.2, -0.15) is 0 Å². The molecule has 1 aliphatic heterocycles. The summed E-state index contributed by atoms with van der Waals surface area (Å²) in [6.07, 6.45) is 5.62. The lowest BCUT2D eigenvalue weighted by molar-refractivity contribution is -0.130. The molecule has 1 heterocycles. The Labute approximate surface area is 92.0 Å². The molecule has 0 saturated carbocycles. The van der Waals surface area contributed by atoms with E-state index < -0.39 is 0 Å². The minimum Gasteiger partial charge on any atom is -0.319 e. The van der Waals surface area contributed by atoms with Crippen LogP contribution < -0.4 is 0 Å². The molecule has 0 bridgehead atoms. The first-order valence-corrected chi connectivity index (χ1v) is 5.28. The van der Waals surface area contributed by atoms with Crippen LogP contribution in [0.3, 0.4) is 0 Å². The molecule has 0 spiro atoms. The second kappa shape index (κ2) is 4.47. The van der Waals surface area contributed by atoms with Crippen molar-refractivity contribution in [3.8, 4) is 0 Å². The first-order chi connectivity index (χ1) is 7.00. The number of carbonyl (C=O) groups is 1. The van der Waals surface area contributed by atoms with E-state index in [1.807, 2.05) is 26.1 Å². The van der Waals surface area contributed by atoms with E-state index in [2.05, 4.69) is 20.4 Å². The van der Waals surface area contributed by atoms with Gasteiger partial charge < -0.3 is 4.90 Å². The monoisotopic (exact) mass is 205 g/mol. The molecule has 0 saturated heterocycles. The van der Waals surface area contributed by atoms with E-state index in [0.717, 1.165) is 11.3 Å². The average Bonchev–Trinajstić information content (AvgIpc) is 2.39. The maximum Gasteiger partial charge on any atom is 0.234 e. The molecule has 0 radical (unpaired) electrons. The molecule has 1 unspecified atom stereocenters. The van der Waals surface area contributed by atoms with Gasteiger partial charge in [-0.05, 0) is 18.4 Å². The Morgan fingerprint density at radius 1 is 1.47 bits per heavy atom. The summed E-state index contributed by atoms with van der Waals surface area (Å²) in [6, 6.07) is 0. The van der Waals surface area contributed by atoms with Gasteiger partial charge in [0.15, 0.2) is 0 Å². The summed E-state index contributed by atoms with van der Waals surface area (Å²) in [4.78, 5) is 13.7. The van der Waals surface area contributed by atoms with E-state index in [4.69, 9.17) is 0 Å². The number of rotatable bonds is 3. The summed E-state index contributed by atoms with van der Waals surface area (Å²) in [7, 11) is 1.84. The molecule has 1 atom stereocenters. The molecule has 0 fully saturated rings. The number of carbonyl (C=O) groups excluding carboxylic acids is 1. The van der Waals surface area contributed by atoms with Crippen LogP contribution in [0.2, 0.25) is 0 Å². The van der Waals surface area contributed by atoms with Gasteiger partial charge in [0.2, 0.25) is 5.91 Å². The van der Waals surface area contributed by atoms with E-state index in [9.17, 15) is 4.79 Å². The fourth-order valence-electron chi connectivity index (χ4n) is 1.97. The standard InChI is InChI=1S/C13H19NO/c1-6-7-8-11-10(4)14(5)13(15)12(11)9(2)3/h6-9,12H,1H2,2-5H3/b8-7-. The van der Waals surface area contributed by atoms with Gasteiger partial charge in [0.05, 0.1) is 5.92 Å². The summed E-state index contributed by atoms with van der Waals surface area (Å²) in [5.74, 6) is 0.541. The van der Waals surface area contributed by atoms with Crippen molar-refractivity contribution in [3.63, 3.8) is 0 Å². The third-order valence-corrected chi connectivity index (χ3v) is 2.93. The van der Waals surface area contributed by atoms with Crippen molar-refractivity contribution >= 4 is 5.91 Å². The van der Waals surface area contributed by atoms with Crippen LogP contribution in [-0.4, -0.2) is 17.9 Å². The summed E-state index contributed by atoms with van der Waals surface area (Å²) >= 11 is 0. The lowest BCUT2D eigenvalue weighted by Crippen LogP contribution is -2.27. The van der Waals surface area contributed by atoms with Crippen LogP contribution in [0.25, 0.3) is 0 Å². The number of nitrogens with zero attached hydrogens (tertiary/aromatic N) is 1. The van der Waals surface area contributed by atoms with Gasteiger partial charge in [-0.1, -0.05) is 38.7 Å². The zero-order valence-electron chi connectivity index (χ0n) is 9.95. The molecule has 1 rings (SSSR count). The molecule has 2 nitrogen and oxygen atoms in total. The van der Waals surface area contributed by atoms with E-state index in [1.165, 1.54) is 0 Å². The molecule has 82 valence electrons. The Balaban J connectivity index is 3.10. The van der Waals surface area contributed by atoms with Gasteiger partial charge in [0.25, 0.3) is 0 Å². The van der Waals surface area contributed by atoms with Crippen molar-refractivity contribution in [2.75, 3.05) is 7.05 Å². The Morgan fingerprint density at radius 3 is 2.53 bits per heavy atom. The summed E-state index contributed by atoms with van der Waals surface area (Å²) in [5.41, 5.74) is 2.18. The zero-order valence-corrected chi connectivity index (χ0v) is 9.95. The van der Waals surface area contributed by atoms with Crippen LogP contribution in [0.1, 0.15) is 20.8 Å². The van der Waals surface area contributed by atoms with Gasteiger partial charge in [-0.3, -0.25) is 4.79 Å². The molecular formula is C13H19NO. The summed E-state index contributed by atoms with van der Waals surface area (Å²) < 4.78 is 0. The lowest BCUT2D eigenvalue weighted by atomic mass is 9.89. The van der Waals surface area contributed by atoms with Gasteiger partial charge in [-0.15, -0.1) is 0 Å². The maximum atomic E-state index is 12.0. The average molecular weight is 205 g/mol. The molecular weight excluding hydrogens is 186 g/mol. The second-order valence-corrected chi connectivity index (χ2v) is 4.25. The number of allylic oxidation sites excluding steroid dienone is 4. The van der Waals surface area contributed by atoms with Crippen LogP contribution >= 0.6 is 0 Å². The summed E-state index contributed by atoms with van der Waals surface area (Å²) in [5, 5.41) is 0. The highest BCUT2D eigenvalue weighted by atomic mass is 16.2. The minimum atomic E-state index is 0.00574. The number of hydrogen-bond acceptors (Lipinski definition) is 1. The number of amides is 1. The van der Waals surface area contributed by atoms with E-state index >= 15 is 0 Å². The maximum absolute atomic E-state index is 12.0. The molecule has 1 amide bonds. The van der Waals surface area contributed by atoms with Crippen LogP contribution in [0, 0.1) is 11.8 Å². The molecule has 0 N–H and O–H groups in total. The Kier molecular flexibility index (Phi) is 3.51. The Bertz CT molecular complexity index is 336. The fraction of sp³-hybridized carbons (Fsp3) is 0.462. The van der Waals surface area contributed by atoms with Crippen molar-refractivity contribution < 1.29 is 4.79 Å². The minimum absolute atomic E-state index is 0.00574. The molecule has 1 aliphatic rings. The predicted octanol–water partition coefficient (Wildman–Crippen LogP) is 2.75. The van der Waals surface area contributed by atoms with Gasteiger partial charge in [0.1, 0.15) is 0 Å². The highest BCUT2D eigenvalue weighted by Gasteiger charge is 2.35. The number of hydrogen-bond donors (Lipinski definition) is 0. The normalized spacial score (nSPS) is 22.3. The Hall–Kier alpha value is -1.31. The van der Waals surface area contributed by atoms with Gasteiger partial charge in [0, 0.05) is 12.7 Å². The third kappa shape index (κ3) is 2.04. The quantitative estimate of drug-likeness (QED) is 0.649. The fourth-order valence-corrected chi connectivity index (χ4v) is 1.97. The molecule has 0 aromatic heterocycles. The Morgan fingerprint density at radius 2 is 2.07 bits per heavy atom. The topological polar surface area (TPSA) is 20.3 Å². The van der Waals surface area contributed by atoms with Crippen molar-refractivity contribution in [1.82, 2.24) is 4.90 Å². The van der Waals surface area contributed by atoms with Gasteiger partial charge in [-0.25, -0.2) is 0 Å². The van der Waals surface area contributed by atoms with Crippen LogP contribution in [0.4, 0.5) is 0 Å². The SMILES string of the molecule is C=C/C=C\C1=C(C)N(C)C(=O)C1C(C)C. The largest absolute Gasteiger partial charge is 0.319 e. The predicted molar refractivity (Wildman–Crippen MR) is 63.1 cm³/mol. The lowest BCUT2D eigenvalue weighted by Gasteiger charge is -2.15. The molecule has 15 heavy (non-hydrogen) atoms. The van der Waals surface area contributed by atoms with Crippen LogP contribution in [0.15, 0.2) is 36.1 Å².